The summed E-state index contributed by atoms with van der Waals surface area (Å²) in [6.45, 7) is 0.941. The second-order valence-electron chi connectivity index (χ2n) is 5.94. The van der Waals surface area contributed by atoms with Gasteiger partial charge in [0.25, 0.3) is 5.91 Å². The van der Waals surface area contributed by atoms with Gasteiger partial charge in [-0.2, -0.15) is 0 Å². The number of hydrogen-bond acceptors (Lipinski definition) is 3. The minimum Gasteiger partial charge on any atom is -0.484 e. The molecule has 0 unspecified atom stereocenters. The Kier molecular flexibility index (Phi) is 6.01. The molecule has 0 aromatic heterocycles. The number of nitrogens with zero attached hydrogens (tertiary/aromatic N) is 1. The number of carbonyl (C=O) groups is 2. The van der Waals surface area contributed by atoms with Gasteiger partial charge >= 0.3 is 0 Å². The Morgan fingerprint density at radius 2 is 1.92 bits per heavy atom. The van der Waals surface area contributed by atoms with Crippen LogP contribution in [0.3, 0.4) is 0 Å². The van der Waals surface area contributed by atoms with Gasteiger partial charge in [-0.15, -0.1) is 0 Å². The van der Waals surface area contributed by atoms with Crippen LogP contribution in [-0.2, 0) is 16.1 Å². The lowest BCUT2D eigenvalue weighted by Gasteiger charge is -2.16. The molecular formula is C19H18Cl2N2O3. The van der Waals surface area contributed by atoms with Crippen molar-refractivity contribution in [1.82, 2.24) is 5.32 Å². The first-order chi connectivity index (χ1) is 12.5. The molecule has 0 saturated carbocycles. The Balaban J connectivity index is 1.47. The lowest BCUT2D eigenvalue weighted by Crippen LogP contribution is -2.28. The van der Waals surface area contributed by atoms with Crippen molar-refractivity contribution in [3.8, 4) is 5.75 Å². The van der Waals surface area contributed by atoms with Crippen LogP contribution in [0.4, 0.5) is 5.69 Å². The van der Waals surface area contributed by atoms with Crippen LogP contribution < -0.4 is 15.0 Å². The molecule has 136 valence electrons. The number of carbonyl (C=O) groups excluding carboxylic acids is 2. The molecule has 7 heteroatoms. The standard InChI is InChI=1S/C19H18Cl2N2O3/c20-14-4-3-13(17(21)10-14)11-22-18(24)12-26-16-7-5-15(6-8-16)23-9-1-2-19(23)25/h3-8,10H,1-2,9,11-12H2,(H,22,24). The minimum absolute atomic E-state index is 0.104. The largest absolute Gasteiger partial charge is 0.484 e. The van der Waals surface area contributed by atoms with E-state index in [2.05, 4.69) is 5.32 Å². The van der Waals surface area contributed by atoms with Gasteiger partial charge in [-0.05, 0) is 48.4 Å². The molecule has 2 aromatic carbocycles. The number of nitrogens with one attached hydrogen (secondary N) is 1. The third-order valence-corrected chi connectivity index (χ3v) is 4.67. The normalized spacial score (nSPS) is 13.8. The number of amides is 2. The molecular weight excluding hydrogens is 375 g/mol. The van der Waals surface area contributed by atoms with E-state index in [4.69, 9.17) is 27.9 Å². The van der Waals surface area contributed by atoms with Crippen LogP contribution in [0.5, 0.6) is 5.75 Å². The Morgan fingerprint density at radius 3 is 2.58 bits per heavy atom. The number of halogens is 2. The molecule has 3 rings (SSSR count). The van der Waals surface area contributed by atoms with Crippen LogP contribution in [0.2, 0.25) is 10.0 Å². The van der Waals surface area contributed by atoms with E-state index in [1.807, 2.05) is 12.1 Å². The molecule has 1 heterocycles. The fourth-order valence-electron chi connectivity index (χ4n) is 2.70. The van der Waals surface area contributed by atoms with Crippen molar-refractivity contribution in [1.29, 1.82) is 0 Å². The molecule has 1 N–H and O–H groups in total. The van der Waals surface area contributed by atoms with E-state index in [1.165, 1.54) is 0 Å². The van der Waals surface area contributed by atoms with Crippen molar-refractivity contribution < 1.29 is 14.3 Å². The number of hydrogen-bond donors (Lipinski definition) is 1. The maximum absolute atomic E-state index is 11.9. The summed E-state index contributed by atoms with van der Waals surface area (Å²) >= 11 is 11.9. The molecule has 1 fully saturated rings. The molecule has 5 nitrogen and oxygen atoms in total. The third kappa shape index (κ3) is 4.68. The van der Waals surface area contributed by atoms with Crippen LogP contribution in [0.1, 0.15) is 18.4 Å². The van der Waals surface area contributed by atoms with E-state index in [9.17, 15) is 9.59 Å². The summed E-state index contributed by atoms with van der Waals surface area (Å²) in [6, 6.07) is 12.3. The smallest absolute Gasteiger partial charge is 0.258 e. The Labute approximate surface area is 161 Å². The van der Waals surface area contributed by atoms with Gasteiger partial charge in [0.1, 0.15) is 5.75 Å². The monoisotopic (exact) mass is 392 g/mol. The van der Waals surface area contributed by atoms with E-state index in [1.54, 1.807) is 35.2 Å². The SMILES string of the molecule is O=C(COc1ccc(N2CCCC2=O)cc1)NCc1ccc(Cl)cc1Cl. The molecule has 2 amide bonds. The number of benzene rings is 2. The van der Waals surface area contributed by atoms with Gasteiger partial charge in [0.2, 0.25) is 5.91 Å². The molecule has 26 heavy (non-hydrogen) atoms. The molecule has 0 spiro atoms. The lowest BCUT2D eigenvalue weighted by atomic mass is 10.2. The van der Waals surface area contributed by atoms with E-state index < -0.39 is 0 Å². The summed E-state index contributed by atoms with van der Waals surface area (Å²) in [7, 11) is 0. The second kappa shape index (κ2) is 8.43. The van der Waals surface area contributed by atoms with Gasteiger partial charge in [-0.25, -0.2) is 0 Å². The molecule has 0 aliphatic carbocycles. The van der Waals surface area contributed by atoms with Gasteiger partial charge in [0.05, 0.1) is 0 Å². The summed E-state index contributed by atoms with van der Waals surface area (Å²) in [6.07, 6.45) is 1.48. The van der Waals surface area contributed by atoms with Crippen molar-refractivity contribution in [2.24, 2.45) is 0 Å². The van der Waals surface area contributed by atoms with E-state index >= 15 is 0 Å². The van der Waals surface area contributed by atoms with Gasteiger partial charge in [-0.3, -0.25) is 9.59 Å². The Bertz CT molecular complexity index is 809. The fraction of sp³-hybridized carbons (Fsp3) is 0.263. The average Bonchev–Trinajstić information content (AvgIpc) is 3.05. The molecule has 1 aliphatic heterocycles. The van der Waals surface area contributed by atoms with E-state index in [-0.39, 0.29) is 18.4 Å². The molecule has 2 aromatic rings. The fourth-order valence-corrected chi connectivity index (χ4v) is 3.18. The third-order valence-electron chi connectivity index (χ3n) is 4.08. The lowest BCUT2D eigenvalue weighted by molar-refractivity contribution is -0.123. The Morgan fingerprint density at radius 1 is 1.15 bits per heavy atom. The minimum atomic E-state index is -0.255. The first-order valence-corrected chi connectivity index (χ1v) is 9.02. The molecule has 1 aliphatic rings. The van der Waals surface area contributed by atoms with Crippen molar-refractivity contribution >= 4 is 40.7 Å². The van der Waals surface area contributed by atoms with Crippen LogP contribution in [-0.4, -0.2) is 25.0 Å². The van der Waals surface area contributed by atoms with Gasteiger partial charge in [0, 0.05) is 35.2 Å². The van der Waals surface area contributed by atoms with Crippen molar-refractivity contribution in [3.63, 3.8) is 0 Å². The van der Waals surface area contributed by atoms with Crippen LogP contribution in [0, 0.1) is 0 Å². The highest BCUT2D eigenvalue weighted by Crippen LogP contribution is 2.24. The maximum Gasteiger partial charge on any atom is 0.258 e. The average molecular weight is 393 g/mol. The Hall–Kier alpha value is -2.24. The summed E-state index contributed by atoms with van der Waals surface area (Å²) in [5.74, 6) is 0.453. The number of rotatable bonds is 6. The van der Waals surface area contributed by atoms with E-state index in [0.29, 0.717) is 28.8 Å². The van der Waals surface area contributed by atoms with Crippen LogP contribution in [0.25, 0.3) is 0 Å². The second-order valence-corrected chi connectivity index (χ2v) is 6.79. The highest BCUT2D eigenvalue weighted by atomic mass is 35.5. The predicted molar refractivity (Wildman–Crippen MR) is 102 cm³/mol. The zero-order valence-electron chi connectivity index (χ0n) is 14.0. The molecule has 0 atom stereocenters. The van der Waals surface area contributed by atoms with Gasteiger partial charge in [-0.1, -0.05) is 29.3 Å². The first-order valence-electron chi connectivity index (χ1n) is 8.27. The van der Waals surface area contributed by atoms with Gasteiger partial charge < -0.3 is 15.0 Å². The first kappa shape index (κ1) is 18.5. The van der Waals surface area contributed by atoms with Crippen molar-refractivity contribution in [3.05, 3.63) is 58.1 Å². The van der Waals surface area contributed by atoms with Crippen molar-refractivity contribution in [2.75, 3.05) is 18.1 Å². The number of ether oxygens (including phenoxy) is 1. The topological polar surface area (TPSA) is 58.6 Å². The van der Waals surface area contributed by atoms with Crippen LogP contribution in [0.15, 0.2) is 42.5 Å². The zero-order valence-corrected chi connectivity index (χ0v) is 15.5. The summed E-state index contributed by atoms with van der Waals surface area (Å²) in [5, 5.41) is 3.80. The highest BCUT2D eigenvalue weighted by Gasteiger charge is 2.21. The van der Waals surface area contributed by atoms with Crippen molar-refractivity contribution in [2.45, 2.75) is 19.4 Å². The van der Waals surface area contributed by atoms with Gasteiger partial charge in [0.15, 0.2) is 6.61 Å². The molecule has 0 bridgehead atoms. The maximum atomic E-state index is 11.9. The summed E-state index contributed by atoms with van der Waals surface area (Å²) in [5.41, 5.74) is 1.63. The zero-order chi connectivity index (χ0) is 18.5. The molecule has 0 radical (unpaired) electrons. The quantitative estimate of drug-likeness (QED) is 0.812. The number of anilines is 1. The summed E-state index contributed by atoms with van der Waals surface area (Å²) < 4.78 is 5.48. The van der Waals surface area contributed by atoms with E-state index in [0.717, 1.165) is 24.2 Å². The molecule has 1 saturated heterocycles. The summed E-state index contributed by atoms with van der Waals surface area (Å²) in [4.78, 5) is 25.4. The predicted octanol–water partition coefficient (Wildman–Crippen LogP) is 3.82. The van der Waals surface area contributed by atoms with Crippen LogP contribution >= 0.6 is 23.2 Å². The highest BCUT2D eigenvalue weighted by molar-refractivity contribution is 6.35.